The van der Waals surface area contributed by atoms with Gasteiger partial charge in [-0.25, -0.2) is 0 Å². The van der Waals surface area contributed by atoms with Gasteiger partial charge in [-0.1, -0.05) is 0 Å². The van der Waals surface area contributed by atoms with Crippen molar-refractivity contribution < 1.29 is 15.3 Å². The van der Waals surface area contributed by atoms with E-state index >= 15 is 0 Å². The second-order valence-corrected chi connectivity index (χ2v) is 0.955. The van der Waals surface area contributed by atoms with Crippen LogP contribution in [0, 0.1) is 0 Å². The maximum atomic E-state index is 9.64. The van der Waals surface area contributed by atoms with Gasteiger partial charge in [-0.2, -0.15) is 19.3 Å². The van der Waals surface area contributed by atoms with Gasteiger partial charge in [0, 0.05) is 0 Å². The molecule has 0 N–H and O–H groups in total. The summed E-state index contributed by atoms with van der Waals surface area (Å²) in [6, 6.07) is 0. The predicted octanol–water partition coefficient (Wildman–Crippen LogP) is -3.94. The third kappa shape index (κ3) is 6.70. The molecule has 0 saturated carbocycles. The Morgan fingerprint density at radius 3 is 1.43 bits per heavy atom. The van der Waals surface area contributed by atoms with Gasteiger partial charge in [-0.15, -0.1) is 0 Å². The van der Waals surface area contributed by atoms with Gasteiger partial charge in [0.2, 0.25) is 0 Å². The monoisotopic (exact) mass is 210 g/mol. The van der Waals surface area contributed by atoms with Crippen molar-refractivity contribution in [3.63, 3.8) is 0 Å². The molecule has 0 atom stereocenters. The van der Waals surface area contributed by atoms with Gasteiger partial charge in [0.05, 0.1) is 0 Å². The zero-order valence-corrected chi connectivity index (χ0v) is 6.22. The molecule has 0 aliphatic rings. The third-order valence-electron chi connectivity index (χ3n) is 0.372. The molecule has 0 aromatic carbocycles. The Labute approximate surface area is 59.4 Å². The summed E-state index contributed by atoms with van der Waals surface area (Å²) in [4.78, 5) is 0. The number of hydrogen-bond donors (Lipinski definition) is 0. The molecule has 0 amide bonds. The van der Waals surface area contributed by atoms with Gasteiger partial charge in [0.1, 0.15) is 0 Å². The van der Waals surface area contributed by atoms with Gasteiger partial charge in [0.25, 0.3) is 0 Å². The molecule has 0 bridgehead atoms. The zero-order chi connectivity index (χ0) is 4.99. The first-order valence-corrected chi connectivity index (χ1v) is 1.63. The summed E-state index contributed by atoms with van der Waals surface area (Å²) in [5.41, 5.74) is 0. The first-order chi connectivity index (χ1) is 2.81. The van der Waals surface area contributed by atoms with Crippen LogP contribution in [0.4, 0.5) is 0 Å². The molecule has 4 heteroatoms. The van der Waals surface area contributed by atoms with E-state index in [-0.39, 0.29) is 24.4 Å². The summed E-state index contributed by atoms with van der Waals surface area (Å²) in [7, 11) is 0. The van der Waals surface area contributed by atoms with E-state index in [1.807, 2.05) is 0 Å². The van der Waals surface area contributed by atoms with Crippen LogP contribution < -0.4 is 15.3 Å². The quantitative estimate of drug-likeness (QED) is 0.437. The van der Waals surface area contributed by atoms with Gasteiger partial charge < -0.3 is 15.3 Å². The molecule has 0 aliphatic heterocycles. The minimum Gasteiger partial charge on any atom is -0.855 e. The largest absolute Gasteiger partial charge is 3.00 e. The molecule has 0 aliphatic carbocycles. The molecule has 0 fully saturated rings. The van der Waals surface area contributed by atoms with Crippen LogP contribution in [0.15, 0.2) is 0 Å². The zero-order valence-electron chi connectivity index (χ0n) is 3.66. The summed E-state index contributed by atoms with van der Waals surface area (Å²) < 4.78 is 0. The van der Waals surface area contributed by atoms with Crippen LogP contribution in [0.5, 0.6) is 0 Å². The van der Waals surface area contributed by atoms with Crippen molar-refractivity contribution in [3.8, 4) is 0 Å². The summed E-state index contributed by atoms with van der Waals surface area (Å²) in [6.45, 7) is -1.58. The smallest absolute Gasteiger partial charge is 0.855 e. The molecule has 0 spiro atoms. The van der Waals surface area contributed by atoms with Crippen LogP contribution >= 0.6 is 0 Å². The van der Waals surface area contributed by atoms with E-state index in [0.717, 1.165) is 0 Å². The van der Waals surface area contributed by atoms with E-state index in [1.54, 1.807) is 0 Å². The number of rotatable bonds is 2. The molecule has 0 unspecified atom stereocenters. The molecule has 3 nitrogen and oxygen atoms in total. The van der Waals surface area contributed by atoms with Crippen molar-refractivity contribution in [3.05, 3.63) is 0 Å². The Morgan fingerprint density at radius 1 is 1.14 bits per heavy atom. The van der Waals surface area contributed by atoms with E-state index in [0.29, 0.717) is 0 Å². The van der Waals surface area contributed by atoms with Crippen LogP contribution in [0.25, 0.3) is 0 Å². The molecular formula is C3H5O3Sb. The topological polar surface area (TPSA) is 69.2 Å². The minimum atomic E-state index is -1.43. The Morgan fingerprint density at radius 2 is 1.43 bits per heavy atom. The van der Waals surface area contributed by atoms with Crippen LogP contribution in [-0.4, -0.2) is 43.7 Å². The molecular weight excluding hydrogens is 206 g/mol. The summed E-state index contributed by atoms with van der Waals surface area (Å²) in [6.07, 6.45) is -1.43. The van der Waals surface area contributed by atoms with Crippen molar-refractivity contribution >= 4 is 24.4 Å². The minimum absolute atomic E-state index is 0. The van der Waals surface area contributed by atoms with Gasteiger partial charge in [0.15, 0.2) is 0 Å². The van der Waals surface area contributed by atoms with Crippen molar-refractivity contribution in [2.24, 2.45) is 0 Å². The SMILES string of the molecule is [O-]CC([O-])C[O-].[Sb+3]. The standard InChI is InChI=1S/C3H5O3.Sb/c4-1-3(6)2-5;/h3H,1-2H2;/q-3;+3. The fraction of sp³-hybridized carbons (Fsp3) is 1.00. The van der Waals surface area contributed by atoms with Crippen LogP contribution in [0.2, 0.25) is 0 Å². The van der Waals surface area contributed by atoms with E-state index in [4.69, 9.17) is 0 Å². The van der Waals surface area contributed by atoms with E-state index in [9.17, 15) is 15.3 Å². The number of hydrogen-bond acceptors (Lipinski definition) is 3. The van der Waals surface area contributed by atoms with Gasteiger partial charge in [-0.05, 0) is 0 Å². The Balaban J connectivity index is 0. The average Bonchev–Trinajstić information content (AvgIpc) is 1.65. The van der Waals surface area contributed by atoms with Crippen molar-refractivity contribution in [1.29, 1.82) is 0 Å². The molecule has 0 saturated heterocycles. The van der Waals surface area contributed by atoms with Crippen LogP contribution in [-0.2, 0) is 0 Å². The second kappa shape index (κ2) is 6.70. The Kier molecular flexibility index (Phi) is 10.2. The Bertz CT molecular complexity index is 29.4. The third-order valence-corrected chi connectivity index (χ3v) is 0.372. The predicted molar refractivity (Wildman–Crippen MR) is 19.3 cm³/mol. The molecule has 0 heterocycles. The van der Waals surface area contributed by atoms with Crippen molar-refractivity contribution in [2.75, 3.05) is 13.2 Å². The normalized spacial score (nSPS) is 8.57. The maximum absolute atomic E-state index is 9.64. The van der Waals surface area contributed by atoms with Gasteiger partial charge >= 0.3 is 24.4 Å². The van der Waals surface area contributed by atoms with E-state index in [2.05, 4.69) is 0 Å². The summed E-state index contributed by atoms with van der Waals surface area (Å²) in [5, 5.41) is 28.3. The summed E-state index contributed by atoms with van der Waals surface area (Å²) >= 11 is 0. The van der Waals surface area contributed by atoms with Gasteiger partial charge in [-0.3, -0.25) is 0 Å². The molecule has 0 aromatic rings. The van der Waals surface area contributed by atoms with Crippen LogP contribution in [0.1, 0.15) is 0 Å². The van der Waals surface area contributed by atoms with Crippen molar-refractivity contribution in [2.45, 2.75) is 6.10 Å². The van der Waals surface area contributed by atoms with E-state index < -0.39 is 19.3 Å². The Hall–Kier alpha value is 0.698. The first kappa shape index (κ1) is 10.6. The molecule has 7 heavy (non-hydrogen) atoms. The average molecular weight is 211 g/mol. The fourth-order valence-corrected chi connectivity index (χ4v) is 0.0481. The second-order valence-electron chi connectivity index (χ2n) is 0.955. The fourth-order valence-electron chi connectivity index (χ4n) is 0.0481. The molecule has 0 rings (SSSR count). The summed E-state index contributed by atoms with van der Waals surface area (Å²) in [5.74, 6) is 0. The maximum Gasteiger partial charge on any atom is 3.00 e. The molecule has 2 radical (unpaired) electrons. The first-order valence-electron chi connectivity index (χ1n) is 1.63. The van der Waals surface area contributed by atoms with E-state index in [1.165, 1.54) is 0 Å². The van der Waals surface area contributed by atoms with Crippen molar-refractivity contribution in [1.82, 2.24) is 0 Å². The van der Waals surface area contributed by atoms with Crippen LogP contribution in [0.3, 0.4) is 0 Å². The molecule has 0 aromatic heterocycles. The molecule has 40 valence electrons.